The van der Waals surface area contributed by atoms with Crippen molar-refractivity contribution in [2.24, 2.45) is 0 Å². The van der Waals surface area contributed by atoms with Crippen LogP contribution in [0.15, 0.2) is 12.1 Å². The first-order valence-electron chi connectivity index (χ1n) is 4.44. The summed E-state index contributed by atoms with van der Waals surface area (Å²) in [5.74, 6) is -1.06. The summed E-state index contributed by atoms with van der Waals surface area (Å²) < 4.78 is 74.1. The number of pyridine rings is 1. The molecule has 0 aliphatic carbocycles. The van der Waals surface area contributed by atoms with E-state index >= 15 is 0 Å². The third kappa shape index (κ3) is 3.11. The van der Waals surface area contributed by atoms with E-state index in [-0.39, 0.29) is 12.1 Å². The number of aromatic nitrogens is 1. The van der Waals surface area contributed by atoms with Gasteiger partial charge in [0.15, 0.2) is 0 Å². The van der Waals surface area contributed by atoms with Gasteiger partial charge in [-0.2, -0.15) is 26.3 Å². The Labute approximate surface area is 96.8 Å². The van der Waals surface area contributed by atoms with Crippen LogP contribution in [0.1, 0.15) is 21.7 Å². The Balaban J connectivity index is 3.44. The molecule has 0 aliphatic rings. The van der Waals surface area contributed by atoms with Crippen molar-refractivity contribution in [3.05, 3.63) is 29.1 Å². The van der Waals surface area contributed by atoms with E-state index in [0.29, 0.717) is 0 Å². The van der Waals surface area contributed by atoms with Gasteiger partial charge in [0.25, 0.3) is 5.91 Å². The van der Waals surface area contributed by atoms with Gasteiger partial charge in [0, 0.05) is 12.6 Å². The van der Waals surface area contributed by atoms with E-state index in [9.17, 15) is 31.1 Å². The minimum absolute atomic E-state index is 0.258. The van der Waals surface area contributed by atoms with Crippen molar-refractivity contribution in [2.75, 3.05) is 7.05 Å². The number of hydrogen-bond donors (Lipinski definition) is 1. The maximum absolute atomic E-state index is 12.3. The molecule has 1 aromatic rings. The third-order valence-electron chi connectivity index (χ3n) is 1.90. The number of amides is 1. The molecule has 3 nitrogen and oxygen atoms in total. The molecule has 0 aromatic carbocycles. The number of halogens is 6. The van der Waals surface area contributed by atoms with Crippen LogP contribution < -0.4 is 5.32 Å². The van der Waals surface area contributed by atoms with Crippen molar-refractivity contribution in [1.82, 2.24) is 10.3 Å². The molecule has 0 saturated heterocycles. The van der Waals surface area contributed by atoms with Crippen LogP contribution in [0.5, 0.6) is 0 Å². The smallest absolute Gasteiger partial charge is 0.355 e. The normalized spacial score (nSPS) is 12.4. The Morgan fingerprint density at radius 2 is 1.44 bits per heavy atom. The Morgan fingerprint density at radius 1 is 1.06 bits per heavy atom. The second kappa shape index (κ2) is 4.46. The SMILES string of the molecule is CNC(=O)c1cc(C(F)(F)F)nc(C(F)(F)F)c1. The van der Waals surface area contributed by atoms with E-state index < -0.39 is 35.2 Å². The van der Waals surface area contributed by atoms with E-state index in [1.807, 2.05) is 5.32 Å². The molecule has 0 unspecified atom stereocenters. The first-order chi connectivity index (χ1) is 8.05. The van der Waals surface area contributed by atoms with Crippen molar-refractivity contribution < 1.29 is 31.1 Å². The summed E-state index contributed by atoms with van der Waals surface area (Å²) in [6.07, 6.45) is -10.1. The van der Waals surface area contributed by atoms with Crippen LogP contribution in [0.2, 0.25) is 0 Å². The lowest BCUT2D eigenvalue weighted by Gasteiger charge is -2.12. The van der Waals surface area contributed by atoms with Crippen LogP contribution in [-0.4, -0.2) is 17.9 Å². The van der Waals surface area contributed by atoms with Crippen LogP contribution in [0, 0.1) is 0 Å². The molecular weight excluding hydrogens is 266 g/mol. The van der Waals surface area contributed by atoms with Gasteiger partial charge in [-0.25, -0.2) is 4.98 Å². The lowest BCUT2D eigenvalue weighted by atomic mass is 10.1. The van der Waals surface area contributed by atoms with Crippen molar-refractivity contribution >= 4 is 5.91 Å². The molecule has 0 saturated carbocycles. The van der Waals surface area contributed by atoms with Gasteiger partial charge < -0.3 is 5.32 Å². The van der Waals surface area contributed by atoms with Crippen LogP contribution >= 0.6 is 0 Å². The monoisotopic (exact) mass is 272 g/mol. The van der Waals surface area contributed by atoms with E-state index in [2.05, 4.69) is 4.98 Å². The van der Waals surface area contributed by atoms with E-state index in [1.165, 1.54) is 0 Å². The summed E-state index contributed by atoms with van der Waals surface area (Å²) in [7, 11) is 1.09. The fourth-order valence-corrected chi connectivity index (χ4v) is 1.10. The van der Waals surface area contributed by atoms with Gasteiger partial charge in [-0.3, -0.25) is 4.79 Å². The van der Waals surface area contributed by atoms with Crippen molar-refractivity contribution in [1.29, 1.82) is 0 Å². The number of alkyl halides is 6. The number of carbonyl (C=O) groups is 1. The van der Waals surface area contributed by atoms with Crippen LogP contribution in [0.25, 0.3) is 0 Å². The molecular formula is C9H6F6N2O. The minimum Gasteiger partial charge on any atom is -0.355 e. The van der Waals surface area contributed by atoms with Crippen LogP contribution in [-0.2, 0) is 12.4 Å². The van der Waals surface area contributed by atoms with E-state index in [0.717, 1.165) is 7.05 Å². The second-order valence-corrected chi connectivity index (χ2v) is 3.20. The molecule has 0 radical (unpaired) electrons. The fraction of sp³-hybridized carbons (Fsp3) is 0.333. The number of rotatable bonds is 1. The van der Waals surface area contributed by atoms with Crippen molar-refractivity contribution in [2.45, 2.75) is 12.4 Å². The molecule has 0 bridgehead atoms. The number of nitrogens with zero attached hydrogens (tertiary/aromatic N) is 1. The molecule has 0 aliphatic heterocycles. The lowest BCUT2D eigenvalue weighted by molar-refractivity contribution is -0.150. The molecule has 1 heterocycles. The maximum Gasteiger partial charge on any atom is 0.433 e. The summed E-state index contributed by atoms with van der Waals surface area (Å²) >= 11 is 0. The molecule has 1 rings (SSSR count). The highest BCUT2D eigenvalue weighted by Crippen LogP contribution is 2.33. The third-order valence-corrected chi connectivity index (χ3v) is 1.90. The summed E-state index contributed by atoms with van der Waals surface area (Å²) in [6.45, 7) is 0. The van der Waals surface area contributed by atoms with Gasteiger partial charge >= 0.3 is 12.4 Å². The second-order valence-electron chi connectivity index (χ2n) is 3.20. The quantitative estimate of drug-likeness (QED) is 0.798. The van der Waals surface area contributed by atoms with Crippen LogP contribution in [0.4, 0.5) is 26.3 Å². The number of hydrogen-bond acceptors (Lipinski definition) is 2. The van der Waals surface area contributed by atoms with E-state index in [4.69, 9.17) is 0 Å². The summed E-state index contributed by atoms with van der Waals surface area (Å²) in [5.41, 5.74) is -4.29. The predicted molar refractivity (Wildman–Crippen MR) is 47.6 cm³/mol. The molecule has 1 aromatic heterocycles. The van der Waals surface area contributed by atoms with Crippen molar-refractivity contribution in [3.63, 3.8) is 0 Å². The summed E-state index contributed by atoms with van der Waals surface area (Å²) in [6, 6.07) is 0.516. The molecule has 0 spiro atoms. The maximum atomic E-state index is 12.3. The molecule has 0 fully saturated rings. The average Bonchev–Trinajstić information content (AvgIpc) is 2.25. The van der Waals surface area contributed by atoms with Gasteiger partial charge in [-0.05, 0) is 12.1 Å². The predicted octanol–water partition coefficient (Wildman–Crippen LogP) is 2.48. The first-order valence-corrected chi connectivity index (χ1v) is 4.44. The largest absolute Gasteiger partial charge is 0.433 e. The Morgan fingerprint density at radius 3 is 1.72 bits per heavy atom. The number of carbonyl (C=O) groups excluding carboxylic acids is 1. The van der Waals surface area contributed by atoms with Gasteiger partial charge in [0.1, 0.15) is 11.4 Å². The molecule has 0 atom stereocenters. The van der Waals surface area contributed by atoms with Gasteiger partial charge in [0.2, 0.25) is 0 Å². The highest BCUT2D eigenvalue weighted by atomic mass is 19.4. The summed E-state index contributed by atoms with van der Waals surface area (Å²) in [4.78, 5) is 13.6. The average molecular weight is 272 g/mol. The van der Waals surface area contributed by atoms with Crippen molar-refractivity contribution in [3.8, 4) is 0 Å². The first kappa shape index (κ1) is 14.3. The number of nitrogens with one attached hydrogen (secondary N) is 1. The minimum atomic E-state index is -5.07. The Kier molecular flexibility index (Phi) is 3.54. The zero-order valence-electron chi connectivity index (χ0n) is 8.78. The lowest BCUT2D eigenvalue weighted by Crippen LogP contribution is -2.22. The Bertz CT molecular complexity index is 433. The van der Waals surface area contributed by atoms with Gasteiger partial charge in [-0.1, -0.05) is 0 Å². The fourth-order valence-electron chi connectivity index (χ4n) is 1.10. The molecule has 1 N–H and O–H groups in total. The molecule has 100 valence electrons. The van der Waals surface area contributed by atoms with Crippen LogP contribution in [0.3, 0.4) is 0 Å². The van der Waals surface area contributed by atoms with E-state index in [1.54, 1.807) is 0 Å². The standard InChI is InChI=1S/C9H6F6N2O/c1-16-7(18)4-2-5(8(10,11)12)17-6(3-4)9(13,14)15/h2-3H,1H3,(H,16,18). The highest BCUT2D eigenvalue weighted by molar-refractivity contribution is 5.94. The summed E-state index contributed by atoms with van der Waals surface area (Å²) in [5, 5.41) is 1.94. The molecule has 9 heteroatoms. The molecule has 1 amide bonds. The highest BCUT2D eigenvalue weighted by Gasteiger charge is 2.39. The van der Waals surface area contributed by atoms with Gasteiger partial charge in [-0.15, -0.1) is 0 Å². The zero-order valence-corrected chi connectivity index (χ0v) is 8.78. The Hall–Kier alpha value is -1.80. The zero-order chi connectivity index (χ0) is 14.1. The van der Waals surface area contributed by atoms with Gasteiger partial charge in [0.05, 0.1) is 0 Å². The molecule has 18 heavy (non-hydrogen) atoms. The topological polar surface area (TPSA) is 42.0 Å².